The van der Waals surface area contributed by atoms with E-state index in [1.807, 2.05) is 38.1 Å². The molecule has 0 atom stereocenters. The van der Waals surface area contributed by atoms with Gasteiger partial charge in [0.05, 0.1) is 11.6 Å². The number of rotatable bonds is 4. The van der Waals surface area contributed by atoms with Crippen LogP contribution in [0.15, 0.2) is 46.0 Å². The summed E-state index contributed by atoms with van der Waals surface area (Å²) in [6.07, 6.45) is 0. The van der Waals surface area contributed by atoms with Crippen molar-refractivity contribution in [1.29, 1.82) is 0 Å². The first-order valence-electron chi connectivity index (χ1n) is 8.60. The van der Waals surface area contributed by atoms with Gasteiger partial charge in [0.15, 0.2) is 0 Å². The van der Waals surface area contributed by atoms with Gasteiger partial charge in [-0.15, -0.1) is 0 Å². The Hall–Kier alpha value is -2.79. The topological polar surface area (TPSA) is 64.1 Å². The number of halogens is 1. The van der Waals surface area contributed by atoms with E-state index in [1.165, 1.54) is 4.57 Å². The molecule has 1 N–H and O–H groups in total. The molecule has 5 nitrogen and oxygen atoms in total. The third kappa shape index (κ3) is 3.83. The number of aromatic nitrogens is 2. The molecule has 0 aliphatic rings. The summed E-state index contributed by atoms with van der Waals surface area (Å²) in [6.45, 7) is 7.79. The number of H-pyrrole nitrogens is 1. The summed E-state index contributed by atoms with van der Waals surface area (Å²) in [6, 6.07) is 11.3. The van der Waals surface area contributed by atoms with Crippen molar-refractivity contribution in [2.75, 3.05) is 0 Å². The minimum absolute atomic E-state index is 0.311. The molecule has 140 valence electrons. The summed E-state index contributed by atoms with van der Waals surface area (Å²) in [5, 5.41) is 0.459. The zero-order valence-corrected chi connectivity index (χ0v) is 16.5. The zero-order chi connectivity index (χ0) is 19.7. The minimum Gasteiger partial charge on any atom is -0.456 e. The molecule has 0 bridgehead atoms. The lowest BCUT2D eigenvalue weighted by atomic mass is 10.1. The SMILES string of the molecule is Cc1cccc(Oc2ccc(Cn3c(C)c(C)c(=O)[nH]c3=O)cc2Cl)c1C. The summed E-state index contributed by atoms with van der Waals surface area (Å²) < 4.78 is 7.48. The third-order valence-electron chi connectivity index (χ3n) is 4.87. The van der Waals surface area contributed by atoms with Crippen LogP contribution in [0, 0.1) is 27.7 Å². The van der Waals surface area contributed by atoms with Crippen molar-refractivity contribution < 1.29 is 4.74 Å². The summed E-state index contributed by atoms with van der Waals surface area (Å²) in [5.74, 6) is 1.31. The highest BCUT2D eigenvalue weighted by atomic mass is 35.5. The monoisotopic (exact) mass is 384 g/mol. The zero-order valence-electron chi connectivity index (χ0n) is 15.7. The van der Waals surface area contributed by atoms with Gasteiger partial charge in [0.1, 0.15) is 11.5 Å². The van der Waals surface area contributed by atoms with E-state index in [1.54, 1.807) is 26.0 Å². The largest absolute Gasteiger partial charge is 0.456 e. The Morgan fingerprint density at radius 3 is 2.44 bits per heavy atom. The highest BCUT2D eigenvalue weighted by Gasteiger charge is 2.11. The molecule has 0 unspecified atom stereocenters. The summed E-state index contributed by atoms with van der Waals surface area (Å²) in [5.41, 5.74) is 3.40. The van der Waals surface area contributed by atoms with Crippen molar-refractivity contribution >= 4 is 11.6 Å². The van der Waals surface area contributed by atoms with Gasteiger partial charge in [0.2, 0.25) is 0 Å². The molecule has 0 saturated heterocycles. The van der Waals surface area contributed by atoms with Crippen molar-refractivity contribution in [2.24, 2.45) is 0 Å². The van der Waals surface area contributed by atoms with Gasteiger partial charge in [0.25, 0.3) is 5.56 Å². The van der Waals surface area contributed by atoms with Crippen LogP contribution in [0.25, 0.3) is 0 Å². The van der Waals surface area contributed by atoms with Gasteiger partial charge >= 0.3 is 5.69 Å². The Bertz CT molecular complexity index is 1130. The van der Waals surface area contributed by atoms with E-state index in [2.05, 4.69) is 4.98 Å². The molecule has 0 fully saturated rings. The third-order valence-corrected chi connectivity index (χ3v) is 5.16. The van der Waals surface area contributed by atoms with Crippen LogP contribution >= 0.6 is 11.6 Å². The quantitative estimate of drug-likeness (QED) is 0.730. The van der Waals surface area contributed by atoms with Gasteiger partial charge in [-0.25, -0.2) is 4.79 Å². The van der Waals surface area contributed by atoms with Crippen LogP contribution in [0.4, 0.5) is 0 Å². The average Bonchev–Trinajstić information content (AvgIpc) is 2.62. The molecule has 3 aromatic rings. The van der Waals surface area contributed by atoms with E-state index >= 15 is 0 Å². The average molecular weight is 385 g/mol. The first kappa shape index (κ1) is 19.0. The first-order valence-corrected chi connectivity index (χ1v) is 8.98. The Labute approximate surface area is 162 Å². The van der Waals surface area contributed by atoms with Crippen molar-refractivity contribution in [1.82, 2.24) is 9.55 Å². The molecule has 0 amide bonds. The lowest BCUT2D eigenvalue weighted by Gasteiger charge is -2.14. The number of nitrogens with one attached hydrogen (secondary N) is 1. The van der Waals surface area contributed by atoms with Crippen LogP contribution in [-0.4, -0.2) is 9.55 Å². The molecule has 1 aromatic heterocycles. The lowest BCUT2D eigenvalue weighted by molar-refractivity contribution is 0.478. The Balaban J connectivity index is 1.90. The van der Waals surface area contributed by atoms with Gasteiger partial charge < -0.3 is 4.74 Å². The van der Waals surface area contributed by atoms with Crippen LogP contribution in [0.1, 0.15) is 27.9 Å². The molecule has 0 aliphatic carbocycles. The van der Waals surface area contributed by atoms with Crippen LogP contribution in [-0.2, 0) is 6.54 Å². The molecular formula is C21H21ClN2O3. The summed E-state index contributed by atoms with van der Waals surface area (Å²) in [4.78, 5) is 26.1. The molecular weight excluding hydrogens is 364 g/mol. The molecule has 27 heavy (non-hydrogen) atoms. The van der Waals surface area contributed by atoms with Gasteiger partial charge in [-0.2, -0.15) is 0 Å². The fraction of sp³-hybridized carbons (Fsp3) is 0.238. The van der Waals surface area contributed by atoms with Gasteiger partial charge in [0, 0.05) is 11.3 Å². The number of ether oxygens (including phenoxy) is 1. The second kappa shape index (κ2) is 7.45. The standard InChI is InChI=1S/C21H21ClN2O3/c1-12-6-5-7-18(13(12)2)27-19-9-8-16(10-17(19)22)11-24-15(4)14(3)20(25)23-21(24)26/h5-10H,11H2,1-4H3,(H,23,25,26). The molecule has 0 spiro atoms. The maximum absolute atomic E-state index is 12.1. The highest BCUT2D eigenvalue weighted by molar-refractivity contribution is 6.32. The predicted molar refractivity (Wildman–Crippen MR) is 107 cm³/mol. The van der Waals surface area contributed by atoms with Gasteiger partial charge in [-0.1, -0.05) is 29.8 Å². The van der Waals surface area contributed by atoms with Crippen LogP contribution in [0.3, 0.4) is 0 Å². The molecule has 3 rings (SSSR count). The normalized spacial score (nSPS) is 10.9. The number of hydrogen-bond acceptors (Lipinski definition) is 3. The van der Waals surface area contributed by atoms with E-state index in [0.29, 0.717) is 28.6 Å². The molecule has 6 heteroatoms. The van der Waals surface area contributed by atoms with E-state index in [-0.39, 0.29) is 5.56 Å². The molecule has 0 radical (unpaired) electrons. The second-order valence-corrected chi connectivity index (χ2v) is 7.03. The maximum atomic E-state index is 12.1. The van der Waals surface area contributed by atoms with Crippen molar-refractivity contribution in [3.8, 4) is 11.5 Å². The molecule has 1 heterocycles. The highest BCUT2D eigenvalue weighted by Crippen LogP contribution is 2.32. The van der Waals surface area contributed by atoms with E-state index in [9.17, 15) is 9.59 Å². The van der Waals surface area contributed by atoms with Crippen molar-refractivity contribution in [3.05, 3.63) is 90.2 Å². The van der Waals surface area contributed by atoms with Crippen LogP contribution in [0.2, 0.25) is 5.02 Å². The fourth-order valence-electron chi connectivity index (χ4n) is 2.83. The molecule has 2 aromatic carbocycles. The van der Waals surface area contributed by atoms with E-state index < -0.39 is 5.69 Å². The smallest absolute Gasteiger partial charge is 0.328 e. The first-order chi connectivity index (χ1) is 12.8. The fourth-order valence-corrected chi connectivity index (χ4v) is 3.07. The molecule has 0 aliphatic heterocycles. The molecule has 0 saturated carbocycles. The lowest BCUT2D eigenvalue weighted by Crippen LogP contribution is -2.33. The van der Waals surface area contributed by atoms with Crippen LogP contribution < -0.4 is 16.0 Å². The van der Waals surface area contributed by atoms with Crippen molar-refractivity contribution in [2.45, 2.75) is 34.2 Å². The summed E-state index contributed by atoms with van der Waals surface area (Å²) >= 11 is 6.40. The second-order valence-electron chi connectivity index (χ2n) is 6.62. The maximum Gasteiger partial charge on any atom is 0.328 e. The van der Waals surface area contributed by atoms with Gasteiger partial charge in [-0.3, -0.25) is 14.3 Å². The minimum atomic E-state index is -0.435. The van der Waals surface area contributed by atoms with Crippen molar-refractivity contribution in [3.63, 3.8) is 0 Å². The Morgan fingerprint density at radius 1 is 1.00 bits per heavy atom. The number of nitrogens with zero attached hydrogens (tertiary/aromatic N) is 1. The Kier molecular flexibility index (Phi) is 5.24. The van der Waals surface area contributed by atoms with E-state index in [0.717, 1.165) is 22.4 Å². The number of aromatic amines is 1. The predicted octanol–water partition coefficient (Wildman–Crippen LogP) is 4.26. The van der Waals surface area contributed by atoms with Crippen LogP contribution in [0.5, 0.6) is 11.5 Å². The number of benzene rings is 2. The number of aryl methyl sites for hydroxylation is 1. The summed E-state index contributed by atoms with van der Waals surface area (Å²) in [7, 11) is 0. The Morgan fingerprint density at radius 2 is 1.74 bits per heavy atom. The number of hydrogen-bond donors (Lipinski definition) is 1. The van der Waals surface area contributed by atoms with E-state index in [4.69, 9.17) is 16.3 Å². The van der Waals surface area contributed by atoms with Gasteiger partial charge in [-0.05, 0) is 62.6 Å².